The largest absolute Gasteiger partial charge is 0.372 e. The van der Waals surface area contributed by atoms with Crippen LogP contribution < -0.4 is 0 Å². The van der Waals surface area contributed by atoms with Gasteiger partial charge in [0.2, 0.25) is 0 Å². The Kier molecular flexibility index (Phi) is 8.03. The summed E-state index contributed by atoms with van der Waals surface area (Å²) in [5.74, 6) is 0.327. The van der Waals surface area contributed by atoms with Crippen molar-refractivity contribution in [2.75, 3.05) is 39.8 Å². The maximum Gasteiger partial charge on any atom is 0.251 e. The minimum absolute atomic E-state index is 0.0741. The second-order valence-corrected chi connectivity index (χ2v) is 8.20. The van der Waals surface area contributed by atoms with Gasteiger partial charge < -0.3 is 9.64 Å². The lowest BCUT2D eigenvalue weighted by molar-refractivity contribution is -0.142. The second-order valence-electron chi connectivity index (χ2n) is 8.20. The topological polar surface area (TPSA) is 56.6 Å². The number of amides is 1. The molecule has 1 saturated heterocycles. The Labute approximate surface area is 170 Å². The number of carbonyl (C=O) groups excluding carboxylic acids is 1. The first-order valence-electron chi connectivity index (χ1n) is 10.4. The zero-order chi connectivity index (χ0) is 20.7. The first-order chi connectivity index (χ1) is 13.4. The van der Waals surface area contributed by atoms with Gasteiger partial charge in [-0.25, -0.2) is 0 Å². The zero-order valence-corrected chi connectivity index (χ0v) is 18.1. The molecule has 1 fully saturated rings. The van der Waals surface area contributed by atoms with Gasteiger partial charge in [0.05, 0.1) is 11.5 Å². The third kappa shape index (κ3) is 4.92. The standard InChI is InChI=1S/C23H35N3O2/c1-18(2)23(17-24,21-10-7-6-9-19(21)3)11-8-12-25-13-15-26(16-14-25)22(27)20(4)28-5/h6-7,9-10,18,20H,8,11-16H2,1-5H3/t20-,23-/m1/s1. The number of nitriles is 1. The van der Waals surface area contributed by atoms with Crippen LogP contribution in [0.1, 0.15) is 44.7 Å². The van der Waals surface area contributed by atoms with Crippen LogP contribution >= 0.6 is 0 Å². The van der Waals surface area contributed by atoms with Crippen LogP contribution in [0.5, 0.6) is 0 Å². The number of ether oxygens (including phenoxy) is 1. The number of aryl methyl sites for hydroxylation is 1. The molecule has 1 heterocycles. The molecule has 0 unspecified atom stereocenters. The van der Waals surface area contributed by atoms with Gasteiger partial charge in [-0.05, 0) is 50.3 Å². The van der Waals surface area contributed by atoms with Gasteiger partial charge in [-0.3, -0.25) is 9.69 Å². The van der Waals surface area contributed by atoms with E-state index in [9.17, 15) is 10.1 Å². The number of benzene rings is 1. The van der Waals surface area contributed by atoms with E-state index < -0.39 is 5.41 Å². The number of piperazine rings is 1. The molecular weight excluding hydrogens is 350 g/mol. The van der Waals surface area contributed by atoms with E-state index in [0.717, 1.165) is 51.1 Å². The van der Waals surface area contributed by atoms with Gasteiger partial charge in [-0.2, -0.15) is 5.26 Å². The van der Waals surface area contributed by atoms with Crippen LogP contribution in [-0.2, 0) is 14.9 Å². The summed E-state index contributed by atoms with van der Waals surface area (Å²) in [4.78, 5) is 16.5. The van der Waals surface area contributed by atoms with Gasteiger partial charge >= 0.3 is 0 Å². The molecule has 0 aromatic heterocycles. The number of hydrogen-bond acceptors (Lipinski definition) is 4. The summed E-state index contributed by atoms with van der Waals surface area (Å²) in [7, 11) is 1.57. The average molecular weight is 386 g/mol. The van der Waals surface area contributed by atoms with Gasteiger partial charge in [-0.1, -0.05) is 38.1 Å². The van der Waals surface area contributed by atoms with E-state index in [-0.39, 0.29) is 17.9 Å². The Balaban J connectivity index is 1.93. The molecule has 2 atom stereocenters. The number of hydrogen-bond donors (Lipinski definition) is 0. The van der Waals surface area contributed by atoms with Crippen LogP contribution in [0.3, 0.4) is 0 Å². The van der Waals surface area contributed by atoms with Gasteiger partial charge in [0.1, 0.15) is 6.10 Å². The number of carbonyl (C=O) groups is 1. The Morgan fingerprint density at radius 1 is 1.21 bits per heavy atom. The summed E-state index contributed by atoms with van der Waals surface area (Å²) in [5.41, 5.74) is 1.91. The maximum absolute atomic E-state index is 12.2. The Morgan fingerprint density at radius 2 is 1.86 bits per heavy atom. The van der Waals surface area contributed by atoms with Gasteiger partial charge in [-0.15, -0.1) is 0 Å². The summed E-state index contributed by atoms with van der Waals surface area (Å²) < 4.78 is 5.15. The fraction of sp³-hybridized carbons (Fsp3) is 0.652. The van der Waals surface area contributed by atoms with Crippen molar-refractivity contribution in [1.82, 2.24) is 9.80 Å². The molecule has 28 heavy (non-hydrogen) atoms. The molecule has 2 rings (SSSR count). The molecule has 1 aliphatic heterocycles. The van der Waals surface area contributed by atoms with Crippen LogP contribution in [0.2, 0.25) is 0 Å². The van der Waals surface area contributed by atoms with Crippen LogP contribution in [0.25, 0.3) is 0 Å². The molecule has 1 amide bonds. The fourth-order valence-corrected chi connectivity index (χ4v) is 4.18. The van der Waals surface area contributed by atoms with Crippen molar-refractivity contribution in [2.24, 2.45) is 5.92 Å². The summed E-state index contributed by atoms with van der Waals surface area (Å²) in [6.45, 7) is 12.4. The van der Waals surface area contributed by atoms with Crippen LogP contribution in [0, 0.1) is 24.2 Å². The smallest absolute Gasteiger partial charge is 0.251 e. The average Bonchev–Trinajstić information content (AvgIpc) is 2.71. The van der Waals surface area contributed by atoms with E-state index in [4.69, 9.17) is 4.74 Å². The zero-order valence-electron chi connectivity index (χ0n) is 18.1. The molecule has 1 aromatic rings. The van der Waals surface area contributed by atoms with Crippen LogP contribution in [0.15, 0.2) is 24.3 Å². The highest BCUT2D eigenvalue weighted by atomic mass is 16.5. The van der Waals surface area contributed by atoms with E-state index in [2.05, 4.69) is 43.9 Å². The van der Waals surface area contributed by atoms with Crippen molar-refractivity contribution in [3.63, 3.8) is 0 Å². The molecule has 0 saturated carbocycles. The van der Waals surface area contributed by atoms with Crippen molar-refractivity contribution < 1.29 is 9.53 Å². The quantitative estimate of drug-likeness (QED) is 0.688. The molecule has 5 nitrogen and oxygen atoms in total. The Morgan fingerprint density at radius 3 is 2.39 bits per heavy atom. The third-order valence-electron chi connectivity index (χ3n) is 6.24. The lowest BCUT2D eigenvalue weighted by Gasteiger charge is -2.37. The van der Waals surface area contributed by atoms with E-state index in [1.165, 1.54) is 5.56 Å². The van der Waals surface area contributed by atoms with E-state index in [1.807, 2.05) is 17.0 Å². The molecular formula is C23H35N3O2. The number of rotatable bonds is 8. The number of nitrogens with zero attached hydrogens (tertiary/aromatic N) is 3. The normalized spacial score (nSPS) is 18.5. The minimum Gasteiger partial charge on any atom is -0.372 e. The lowest BCUT2D eigenvalue weighted by atomic mass is 9.68. The predicted molar refractivity (Wildman–Crippen MR) is 112 cm³/mol. The van der Waals surface area contributed by atoms with E-state index in [1.54, 1.807) is 14.0 Å². The van der Waals surface area contributed by atoms with Crippen molar-refractivity contribution in [2.45, 2.75) is 52.1 Å². The Hall–Kier alpha value is -1.90. The first-order valence-corrected chi connectivity index (χ1v) is 10.4. The summed E-state index contributed by atoms with van der Waals surface area (Å²) in [6, 6.07) is 10.9. The molecule has 0 radical (unpaired) electrons. The van der Waals surface area contributed by atoms with Crippen molar-refractivity contribution in [3.8, 4) is 6.07 Å². The van der Waals surface area contributed by atoms with Gasteiger partial charge in [0.15, 0.2) is 0 Å². The molecule has 0 spiro atoms. The van der Waals surface area contributed by atoms with Crippen molar-refractivity contribution in [3.05, 3.63) is 35.4 Å². The SMILES string of the molecule is CO[C@H](C)C(=O)N1CCN(CCC[C@](C#N)(c2ccccc2C)C(C)C)CC1. The summed E-state index contributed by atoms with van der Waals surface area (Å²) in [6.07, 6.45) is 1.46. The Bertz CT molecular complexity index is 689. The van der Waals surface area contributed by atoms with Crippen molar-refractivity contribution >= 4 is 5.91 Å². The molecule has 0 bridgehead atoms. The fourth-order valence-electron chi connectivity index (χ4n) is 4.18. The summed E-state index contributed by atoms with van der Waals surface area (Å²) >= 11 is 0. The monoisotopic (exact) mass is 385 g/mol. The predicted octanol–water partition coefficient (Wildman–Crippen LogP) is 3.37. The third-order valence-corrected chi connectivity index (χ3v) is 6.24. The molecule has 154 valence electrons. The molecule has 1 aromatic carbocycles. The molecule has 0 aliphatic carbocycles. The van der Waals surface area contributed by atoms with E-state index >= 15 is 0 Å². The van der Waals surface area contributed by atoms with Crippen molar-refractivity contribution in [1.29, 1.82) is 5.26 Å². The molecule has 5 heteroatoms. The van der Waals surface area contributed by atoms with E-state index in [0.29, 0.717) is 0 Å². The number of methoxy groups -OCH3 is 1. The lowest BCUT2D eigenvalue weighted by Crippen LogP contribution is -2.51. The van der Waals surface area contributed by atoms with Gasteiger partial charge in [0, 0.05) is 33.3 Å². The maximum atomic E-state index is 12.2. The van der Waals surface area contributed by atoms with Crippen LogP contribution in [0.4, 0.5) is 0 Å². The summed E-state index contributed by atoms with van der Waals surface area (Å²) in [5, 5.41) is 10.1. The minimum atomic E-state index is -0.447. The second kappa shape index (κ2) is 10.0. The molecule has 0 N–H and O–H groups in total. The van der Waals surface area contributed by atoms with Gasteiger partial charge in [0.25, 0.3) is 5.91 Å². The molecule has 1 aliphatic rings. The highest BCUT2D eigenvalue weighted by molar-refractivity contribution is 5.80. The first kappa shape index (κ1) is 22.4. The highest BCUT2D eigenvalue weighted by Crippen LogP contribution is 2.38. The van der Waals surface area contributed by atoms with Crippen LogP contribution in [-0.4, -0.2) is 61.6 Å². The highest BCUT2D eigenvalue weighted by Gasteiger charge is 2.36.